The summed E-state index contributed by atoms with van der Waals surface area (Å²) in [5.41, 5.74) is 6.63. The van der Waals surface area contributed by atoms with Crippen LogP contribution in [0.5, 0.6) is 0 Å². The molecule has 130 valence electrons. The number of hydrogen-bond acceptors (Lipinski definition) is 2. The average molecular weight is 318 g/mol. The van der Waals surface area contributed by atoms with Crippen molar-refractivity contribution in [3.8, 4) is 0 Å². The van der Waals surface area contributed by atoms with E-state index in [0.29, 0.717) is 0 Å². The van der Waals surface area contributed by atoms with Crippen LogP contribution in [0.15, 0.2) is 30.3 Å². The molecule has 0 saturated heterocycles. The number of nitrogens with one attached hydrogen (secondary N) is 1. The number of rotatable bonds is 9. The third-order valence-corrected chi connectivity index (χ3v) is 4.01. The van der Waals surface area contributed by atoms with Crippen LogP contribution >= 0.6 is 0 Å². The third-order valence-electron chi connectivity index (χ3n) is 4.01. The summed E-state index contributed by atoms with van der Waals surface area (Å²) in [6.45, 7) is 3.53. The fraction of sp³-hybridized carbons (Fsp3) is 0.600. The van der Waals surface area contributed by atoms with Gasteiger partial charge in [0.05, 0.1) is 0 Å². The van der Waals surface area contributed by atoms with E-state index in [0.717, 1.165) is 11.3 Å². The smallest absolute Gasteiger partial charge is 0.101 e. The molecule has 0 unspecified atom stereocenters. The van der Waals surface area contributed by atoms with Crippen LogP contribution in [0.4, 0.5) is 5.82 Å². The Morgan fingerprint density at radius 2 is 1.52 bits per heavy atom. The van der Waals surface area contributed by atoms with E-state index in [9.17, 15) is 0 Å². The largest absolute Gasteiger partial charge is 0.385 e. The second-order valence-corrected chi connectivity index (χ2v) is 6.59. The summed E-state index contributed by atoms with van der Waals surface area (Å²) in [6, 6.07) is 9.94. The first kappa shape index (κ1) is 19.6. The highest BCUT2D eigenvalue weighted by Crippen LogP contribution is 2.14. The first-order valence-corrected chi connectivity index (χ1v) is 9.11. The Balaban J connectivity index is 0.000000235. The molecule has 0 atom stereocenters. The van der Waals surface area contributed by atoms with Crippen molar-refractivity contribution in [3.63, 3.8) is 0 Å². The van der Waals surface area contributed by atoms with Crippen LogP contribution in [0, 0.1) is 0 Å². The molecule has 0 aliphatic rings. The molecule has 3 nitrogen and oxygen atoms in total. The Morgan fingerprint density at radius 1 is 0.913 bits per heavy atom. The molecule has 0 spiro atoms. The van der Waals surface area contributed by atoms with Crippen LogP contribution in [0.25, 0.3) is 10.9 Å². The number of benzene rings is 1. The Bertz CT molecular complexity index is 483. The first-order valence-electron chi connectivity index (χ1n) is 9.11. The van der Waals surface area contributed by atoms with E-state index in [-0.39, 0.29) is 0 Å². The number of anilines is 1. The minimum atomic E-state index is 0.723. The van der Waals surface area contributed by atoms with Crippen LogP contribution in [-0.2, 0) is 0 Å². The average Bonchev–Trinajstić information content (AvgIpc) is 2.90. The van der Waals surface area contributed by atoms with E-state index >= 15 is 0 Å². The zero-order chi connectivity index (χ0) is 16.9. The van der Waals surface area contributed by atoms with Crippen molar-refractivity contribution in [1.29, 1.82) is 0 Å². The molecule has 0 aliphatic carbocycles. The molecular formula is C20H35N3. The zero-order valence-electron chi connectivity index (χ0n) is 15.3. The predicted octanol–water partition coefficient (Wildman–Crippen LogP) is 5.44. The van der Waals surface area contributed by atoms with E-state index in [1.165, 1.54) is 63.3 Å². The first-order chi connectivity index (χ1) is 11.1. The molecule has 2 rings (SSSR count). The monoisotopic (exact) mass is 317 g/mol. The Hall–Kier alpha value is -1.48. The summed E-state index contributed by atoms with van der Waals surface area (Å²) >= 11 is 0. The zero-order valence-corrected chi connectivity index (χ0v) is 15.3. The maximum atomic E-state index is 5.54. The number of aromatic nitrogens is 1. The van der Waals surface area contributed by atoms with E-state index < -0.39 is 0 Å². The van der Waals surface area contributed by atoms with Crippen LogP contribution in [0.3, 0.4) is 0 Å². The number of aromatic amines is 1. The van der Waals surface area contributed by atoms with Crippen molar-refractivity contribution in [2.75, 3.05) is 26.4 Å². The fourth-order valence-corrected chi connectivity index (χ4v) is 2.66. The highest BCUT2D eigenvalue weighted by molar-refractivity contribution is 5.82. The normalized spacial score (nSPS) is 10.8. The summed E-state index contributed by atoms with van der Waals surface area (Å²) in [5.74, 6) is 0.723. The molecule has 0 bridgehead atoms. The third kappa shape index (κ3) is 9.29. The number of fused-ring (bicyclic) bond motifs is 1. The lowest BCUT2D eigenvalue weighted by Crippen LogP contribution is -2.12. The van der Waals surface area contributed by atoms with Gasteiger partial charge in [-0.2, -0.15) is 0 Å². The summed E-state index contributed by atoms with van der Waals surface area (Å²) in [4.78, 5) is 5.31. The molecule has 0 amide bonds. The summed E-state index contributed by atoms with van der Waals surface area (Å²) in [5, 5.41) is 1.17. The van der Waals surface area contributed by atoms with Gasteiger partial charge in [-0.15, -0.1) is 0 Å². The van der Waals surface area contributed by atoms with Crippen molar-refractivity contribution >= 4 is 16.7 Å². The van der Waals surface area contributed by atoms with Crippen LogP contribution in [0.2, 0.25) is 0 Å². The summed E-state index contributed by atoms with van der Waals surface area (Å²) in [6.07, 6.45) is 11.4. The molecule has 1 aromatic heterocycles. The van der Waals surface area contributed by atoms with Crippen molar-refractivity contribution in [2.24, 2.45) is 0 Å². The molecule has 1 aromatic carbocycles. The number of nitrogens with two attached hydrogens (primary N) is 1. The predicted molar refractivity (Wildman–Crippen MR) is 104 cm³/mol. The van der Waals surface area contributed by atoms with Crippen LogP contribution in [0.1, 0.15) is 58.3 Å². The molecule has 0 radical (unpaired) electrons. The van der Waals surface area contributed by atoms with Crippen molar-refractivity contribution in [1.82, 2.24) is 9.88 Å². The number of nitrogen functional groups attached to an aromatic ring is 1. The van der Waals surface area contributed by atoms with Gasteiger partial charge in [0, 0.05) is 10.9 Å². The van der Waals surface area contributed by atoms with Gasteiger partial charge < -0.3 is 15.6 Å². The fourth-order valence-electron chi connectivity index (χ4n) is 2.66. The minimum absolute atomic E-state index is 0.723. The van der Waals surface area contributed by atoms with Gasteiger partial charge in [-0.25, -0.2) is 0 Å². The topological polar surface area (TPSA) is 45.0 Å². The summed E-state index contributed by atoms with van der Waals surface area (Å²) < 4.78 is 0. The quantitative estimate of drug-likeness (QED) is 0.605. The van der Waals surface area contributed by atoms with Crippen LogP contribution < -0.4 is 5.73 Å². The lowest BCUT2D eigenvalue weighted by Gasteiger charge is -2.08. The summed E-state index contributed by atoms with van der Waals surface area (Å²) in [7, 11) is 4.31. The molecule has 0 fully saturated rings. The van der Waals surface area contributed by atoms with Crippen molar-refractivity contribution < 1.29 is 0 Å². The number of hydrogen-bond donors (Lipinski definition) is 2. The van der Waals surface area contributed by atoms with Gasteiger partial charge in [0.2, 0.25) is 0 Å². The molecular weight excluding hydrogens is 282 g/mol. The number of para-hydroxylation sites is 1. The second kappa shape index (κ2) is 12.0. The Morgan fingerprint density at radius 3 is 2.13 bits per heavy atom. The highest BCUT2D eigenvalue weighted by atomic mass is 15.0. The van der Waals surface area contributed by atoms with Gasteiger partial charge in [0.25, 0.3) is 0 Å². The Kier molecular flexibility index (Phi) is 10.2. The lowest BCUT2D eigenvalue weighted by atomic mass is 10.1. The van der Waals surface area contributed by atoms with Gasteiger partial charge >= 0.3 is 0 Å². The Labute approximate surface area is 142 Å². The number of nitrogens with zero attached hydrogens (tertiary/aromatic N) is 1. The van der Waals surface area contributed by atoms with Gasteiger partial charge in [-0.1, -0.05) is 70.1 Å². The molecule has 1 heterocycles. The van der Waals surface area contributed by atoms with E-state index in [1.54, 1.807) is 0 Å². The minimum Gasteiger partial charge on any atom is -0.385 e. The van der Waals surface area contributed by atoms with E-state index in [2.05, 4.69) is 30.9 Å². The van der Waals surface area contributed by atoms with E-state index in [4.69, 9.17) is 5.73 Å². The number of H-pyrrole nitrogens is 1. The highest BCUT2D eigenvalue weighted by Gasteiger charge is 1.93. The second-order valence-electron chi connectivity index (χ2n) is 6.59. The van der Waals surface area contributed by atoms with Gasteiger partial charge in [0.15, 0.2) is 0 Å². The van der Waals surface area contributed by atoms with Crippen molar-refractivity contribution in [3.05, 3.63) is 30.3 Å². The molecule has 3 heteroatoms. The maximum Gasteiger partial charge on any atom is 0.101 e. The van der Waals surface area contributed by atoms with Crippen LogP contribution in [-0.4, -0.2) is 30.5 Å². The molecule has 3 N–H and O–H groups in total. The van der Waals surface area contributed by atoms with Crippen molar-refractivity contribution in [2.45, 2.75) is 58.3 Å². The van der Waals surface area contributed by atoms with Gasteiger partial charge in [-0.05, 0) is 39.2 Å². The van der Waals surface area contributed by atoms with E-state index in [1.807, 2.05) is 30.3 Å². The lowest BCUT2D eigenvalue weighted by molar-refractivity contribution is 0.389. The SMILES string of the molecule is CCCCCCCCCCN(C)C.Nc1cc2ccccc2[nH]1. The molecule has 0 saturated carbocycles. The molecule has 2 aromatic rings. The maximum absolute atomic E-state index is 5.54. The van der Waals surface area contributed by atoms with Gasteiger partial charge in [-0.3, -0.25) is 0 Å². The molecule has 0 aliphatic heterocycles. The number of unbranched alkanes of at least 4 members (excludes halogenated alkanes) is 7. The molecule has 23 heavy (non-hydrogen) atoms. The standard InChI is InChI=1S/C12H27N.C8H8N2/c1-4-5-6-7-8-9-10-11-12-13(2)3;9-8-5-6-3-1-2-4-7(6)10-8/h4-12H2,1-3H3;1-5,10H,9H2. The van der Waals surface area contributed by atoms with Gasteiger partial charge in [0.1, 0.15) is 5.82 Å².